The molecule has 0 unspecified atom stereocenters. The third kappa shape index (κ3) is 2.35. The molecule has 92 valence electrons. The second kappa shape index (κ2) is 4.28. The Labute approximate surface area is 101 Å². The van der Waals surface area contributed by atoms with Crippen molar-refractivity contribution in [3.8, 4) is 11.5 Å². The quantitative estimate of drug-likeness (QED) is 0.868. The van der Waals surface area contributed by atoms with Crippen LogP contribution in [-0.2, 0) is 11.2 Å². The van der Waals surface area contributed by atoms with Gasteiger partial charge in [-0.25, -0.2) is 0 Å². The Morgan fingerprint density at radius 1 is 1.35 bits per heavy atom. The highest BCUT2D eigenvalue weighted by Gasteiger charge is 2.27. The van der Waals surface area contributed by atoms with Gasteiger partial charge in [0.2, 0.25) is 12.7 Å². The molecule has 0 aliphatic carbocycles. The Morgan fingerprint density at radius 3 is 2.76 bits per heavy atom. The summed E-state index contributed by atoms with van der Waals surface area (Å²) in [5.74, 6) is 1.57. The van der Waals surface area contributed by atoms with Crippen LogP contribution in [0.25, 0.3) is 0 Å². The lowest BCUT2D eigenvalue weighted by Crippen LogP contribution is -2.36. The van der Waals surface area contributed by atoms with Gasteiger partial charge in [0.25, 0.3) is 0 Å². The first-order chi connectivity index (χ1) is 8.03. The van der Waals surface area contributed by atoms with Gasteiger partial charge in [-0.05, 0) is 24.1 Å². The first-order valence-electron chi connectivity index (χ1n) is 5.63. The molecule has 0 spiro atoms. The molecule has 0 radical (unpaired) electrons. The fourth-order valence-electron chi connectivity index (χ4n) is 1.98. The van der Waals surface area contributed by atoms with Gasteiger partial charge < -0.3 is 14.8 Å². The molecule has 0 saturated carbocycles. The van der Waals surface area contributed by atoms with Gasteiger partial charge in [-0.1, -0.05) is 19.9 Å². The summed E-state index contributed by atoms with van der Waals surface area (Å²) < 4.78 is 10.6. The molecule has 0 atom stereocenters. The molecule has 1 aliphatic heterocycles. The molecule has 1 aliphatic rings. The number of carbonyl (C=O) groups excluding carboxylic acids is 1. The Kier molecular flexibility index (Phi) is 2.96. The van der Waals surface area contributed by atoms with Crippen LogP contribution in [0.4, 0.5) is 0 Å². The maximum absolute atomic E-state index is 11.7. The van der Waals surface area contributed by atoms with Crippen LogP contribution in [-0.4, -0.2) is 19.7 Å². The van der Waals surface area contributed by atoms with Crippen molar-refractivity contribution in [3.05, 3.63) is 23.8 Å². The molecule has 2 rings (SSSR count). The van der Waals surface area contributed by atoms with Crippen LogP contribution in [0, 0.1) is 5.41 Å². The monoisotopic (exact) mass is 235 g/mol. The van der Waals surface area contributed by atoms with E-state index in [2.05, 4.69) is 5.32 Å². The van der Waals surface area contributed by atoms with Gasteiger partial charge in [0.15, 0.2) is 11.5 Å². The van der Waals surface area contributed by atoms with Gasteiger partial charge in [0, 0.05) is 12.5 Å². The van der Waals surface area contributed by atoms with Gasteiger partial charge in [-0.3, -0.25) is 4.79 Å². The van der Waals surface area contributed by atoms with Crippen LogP contribution >= 0.6 is 0 Å². The molecule has 1 N–H and O–H groups in total. The minimum atomic E-state index is -0.428. The molecule has 0 saturated heterocycles. The van der Waals surface area contributed by atoms with Crippen LogP contribution in [0.5, 0.6) is 11.5 Å². The number of hydrogen-bond acceptors (Lipinski definition) is 3. The van der Waals surface area contributed by atoms with E-state index in [9.17, 15) is 4.79 Å². The molecule has 1 heterocycles. The summed E-state index contributed by atoms with van der Waals surface area (Å²) in [6, 6.07) is 5.79. The van der Waals surface area contributed by atoms with Crippen LogP contribution < -0.4 is 14.8 Å². The first kappa shape index (κ1) is 11.8. The number of carbonyl (C=O) groups is 1. The lowest BCUT2D eigenvalue weighted by atomic mass is 9.85. The molecule has 4 heteroatoms. The van der Waals surface area contributed by atoms with Crippen molar-refractivity contribution in [2.45, 2.75) is 20.3 Å². The van der Waals surface area contributed by atoms with E-state index >= 15 is 0 Å². The second-order valence-electron chi connectivity index (χ2n) is 4.83. The number of fused-ring (bicyclic) bond motifs is 1. The summed E-state index contributed by atoms with van der Waals surface area (Å²) in [6.45, 7) is 4.13. The zero-order chi connectivity index (χ0) is 12.5. The Morgan fingerprint density at radius 2 is 2.06 bits per heavy atom. The Bertz CT molecular complexity index is 440. The van der Waals surface area contributed by atoms with Crippen molar-refractivity contribution in [2.75, 3.05) is 13.8 Å². The number of nitrogens with one attached hydrogen (secondary N) is 1. The number of hydrogen-bond donors (Lipinski definition) is 1. The summed E-state index contributed by atoms with van der Waals surface area (Å²) in [5.41, 5.74) is 0.644. The summed E-state index contributed by atoms with van der Waals surface area (Å²) in [7, 11) is 1.66. The lowest BCUT2D eigenvalue weighted by Gasteiger charge is -2.22. The molecule has 0 aromatic heterocycles. The highest BCUT2D eigenvalue weighted by atomic mass is 16.7. The molecule has 1 amide bonds. The fraction of sp³-hybridized carbons (Fsp3) is 0.462. The minimum absolute atomic E-state index is 0.0372. The van der Waals surface area contributed by atoms with Gasteiger partial charge in [0.1, 0.15) is 0 Å². The molecule has 4 nitrogen and oxygen atoms in total. The van der Waals surface area contributed by atoms with E-state index in [0.717, 1.165) is 17.1 Å². The summed E-state index contributed by atoms with van der Waals surface area (Å²) in [6.07, 6.45) is 0.670. The first-order valence-corrected chi connectivity index (χ1v) is 5.63. The maximum Gasteiger partial charge on any atom is 0.231 e. The fourth-order valence-corrected chi connectivity index (χ4v) is 1.98. The van der Waals surface area contributed by atoms with E-state index in [1.54, 1.807) is 7.05 Å². The molecular weight excluding hydrogens is 218 g/mol. The SMILES string of the molecule is CNC(=O)C(C)(C)Cc1ccc2c(c1)OCO2. The van der Waals surface area contributed by atoms with E-state index in [-0.39, 0.29) is 12.7 Å². The average molecular weight is 235 g/mol. The van der Waals surface area contributed by atoms with Crippen LogP contribution in [0.15, 0.2) is 18.2 Å². The highest BCUT2D eigenvalue weighted by molar-refractivity contribution is 5.81. The molecule has 1 aromatic carbocycles. The van der Waals surface area contributed by atoms with Crippen molar-refractivity contribution in [3.63, 3.8) is 0 Å². The predicted octanol–water partition coefficient (Wildman–Crippen LogP) is 1.73. The summed E-state index contributed by atoms with van der Waals surface area (Å²) in [4.78, 5) is 11.7. The van der Waals surface area contributed by atoms with Gasteiger partial charge >= 0.3 is 0 Å². The number of rotatable bonds is 3. The van der Waals surface area contributed by atoms with Gasteiger partial charge in [-0.15, -0.1) is 0 Å². The molecule has 17 heavy (non-hydrogen) atoms. The zero-order valence-electron chi connectivity index (χ0n) is 10.4. The molecular formula is C13H17NO3. The molecule has 1 aromatic rings. The largest absolute Gasteiger partial charge is 0.454 e. The number of amides is 1. The number of ether oxygens (including phenoxy) is 2. The summed E-state index contributed by atoms with van der Waals surface area (Å²) >= 11 is 0. The normalized spacial score (nSPS) is 13.6. The predicted molar refractivity (Wildman–Crippen MR) is 64.1 cm³/mol. The van der Waals surface area contributed by atoms with E-state index < -0.39 is 5.41 Å². The Hall–Kier alpha value is -1.71. The lowest BCUT2D eigenvalue weighted by molar-refractivity contribution is -0.128. The third-order valence-corrected chi connectivity index (χ3v) is 2.92. The van der Waals surface area contributed by atoms with Crippen molar-refractivity contribution in [1.29, 1.82) is 0 Å². The zero-order valence-corrected chi connectivity index (χ0v) is 10.4. The molecule has 0 fully saturated rings. The van der Waals surface area contributed by atoms with E-state index in [1.807, 2.05) is 32.0 Å². The highest BCUT2D eigenvalue weighted by Crippen LogP contribution is 2.34. The van der Waals surface area contributed by atoms with Crippen LogP contribution in [0.1, 0.15) is 19.4 Å². The van der Waals surface area contributed by atoms with Crippen molar-refractivity contribution in [2.24, 2.45) is 5.41 Å². The second-order valence-corrected chi connectivity index (χ2v) is 4.83. The van der Waals surface area contributed by atoms with E-state index in [0.29, 0.717) is 6.42 Å². The third-order valence-electron chi connectivity index (χ3n) is 2.92. The minimum Gasteiger partial charge on any atom is -0.454 e. The van der Waals surface area contributed by atoms with Gasteiger partial charge in [0.05, 0.1) is 0 Å². The van der Waals surface area contributed by atoms with E-state index in [4.69, 9.17) is 9.47 Å². The maximum atomic E-state index is 11.7. The van der Waals surface area contributed by atoms with Crippen molar-refractivity contribution < 1.29 is 14.3 Å². The van der Waals surface area contributed by atoms with Crippen molar-refractivity contribution in [1.82, 2.24) is 5.32 Å². The topological polar surface area (TPSA) is 47.6 Å². The standard InChI is InChI=1S/C13H17NO3/c1-13(2,12(15)14-3)7-9-4-5-10-11(6-9)17-8-16-10/h4-6H,7-8H2,1-3H3,(H,14,15). The smallest absolute Gasteiger partial charge is 0.231 e. The van der Waals surface area contributed by atoms with Gasteiger partial charge in [-0.2, -0.15) is 0 Å². The summed E-state index contributed by atoms with van der Waals surface area (Å²) in [5, 5.41) is 2.68. The van der Waals surface area contributed by atoms with Crippen LogP contribution in [0.3, 0.4) is 0 Å². The average Bonchev–Trinajstić information content (AvgIpc) is 2.74. The number of benzene rings is 1. The molecule has 0 bridgehead atoms. The van der Waals surface area contributed by atoms with Crippen LogP contribution in [0.2, 0.25) is 0 Å². The Balaban J connectivity index is 2.16. The van der Waals surface area contributed by atoms with E-state index in [1.165, 1.54) is 0 Å². The van der Waals surface area contributed by atoms with Crippen molar-refractivity contribution >= 4 is 5.91 Å².